The fourth-order valence-corrected chi connectivity index (χ4v) is 2.98. The molecule has 7 heteroatoms. The van der Waals surface area contributed by atoms with Gasteiger partial charge in [0, 0.05) is 18.7 Å². The summed E-state index contributed by atoms with van der Waals surface area (Å²) in [5, 5.41) is 2.89. The van der Waals surface area contributed by atoms with Crippen molar-refractivity contribution in [3.8, 4) is 17.1 Å². The zero-order chi connectivity index (χ0) is 18.8. The fraction of sp³-hybridized carbons (Fsp3) is 0.150. The van der Waals surface area contributed by atoms with Gasteiger partial charge < -0.3 is 19.6 Å². The number of methoxy groups -OCH3 is 1. The Morgan fingerprint density at radius 1 is 1.22 bits per heavy atom. The molecule has 4 aromatic rings. The van der Waals surface area contributed by atoms with Gasteiger partial charge in [0.25, 0.3) is 5.91 Å². The van der Waals surface area contributed by atoms with Crippen molar-refractivity contribution < 1.29 is 9.53 Å². The van der Waals surface area contributed by atoms with Crippen LogP contribution in [0, 0.1) is 0 Å². The Labute approximate surface area is 156 Å². The Kier molecular flexibility index (Phi) is 4.33. The molecular weight excluding hydrogens is 342 g/mol. The summed E-state index contributed by atoms with van der Waals surface area (Å²) in [6, 6.07) is 15.4. The van der Waals surface area contributed by atoms with E-state index in [4.69, 9.17) is 4.74 Å². The Bertz CT molecular complexity index is 1100. The zero-order valence-electron chi connectivity index (χ0n) is 15.1. The average Bonchev–Trinajstić information content (AvgIpc) is 3.29. The molecule has 2 aromatic carbocycles. The van der Waals surface area contributed by atoms with Crippen molar-refractivity contribution in [2.24, 2.45) is 7.05 Å². The van der Waals surface area contributed by atoms with E-state index in [1.165, 1.54) is 0 Å². The van der Waals surface area contributed by atoms with E-state index in [0.717, 1.165) is 28.2 Å². The molecule has 0 saturated carbocycles. The smallest absolute Gasteiger partial charge is 0.269 e. The number of H-pyrrole nitrogens is 1. The Morgan fingerprint density at radius 3 is 2.81 bits per heavy atom. The van der Waals surface area contributed by atoms with Crippen LogP contribution in [0.4, 0.5) is 0 Å². The number of ether oxygens (including phenoxy) is 1. The van der Waals surface area contributed by atoms with Crippen LogP contribution in [0.5, 0.6) is 5.75 Å². The molecule has 0 fully saturated rings. The van der Waals surface area contributed by atoms with Gasteiger partial charge in [-0.3, -0.25) is 4.79 Å². The van der Waals surface area contributed by atoms with Crippen molar-refractivity contribution in [3.05, 3.63) is 66.2 Å². The summed E-state index contributed by atoms with van der Waals surface area (Å²) in [7, 11) is 3.45. The van der Waals surface area contributed by atoms with Gasteiger partial charge in [-0.05, 0) is 12.1 Å². The summed E-state index contributed by atoms with van der Waals surface area (Å²) < 4.78 is 7.00. The minimum atomic E-state index is -0.204. The molecule has 0 spiro atoms. The van der Waals surface area contributed by atoms with E-state index in [2.05, 4.69) is 20.3 Å². The molecule has 7 nitrogen and oxygen atoms in total. The van der Waals surface area contributed by atoms with Gasteiger partial charge in [0.1, 0.15) is 23.1 Å². The summed E-state index contributed by atoms with van der Waals surface area (Å²) in [6.45, 7) is 0.293. The molecule has 0 aliphatic carbocycles. The van der Waals surface area contributed by atoms with E-state index in [0.29, 0.717) is 18.1 Å². The first-order valence-electron chi connectivity index (χ1n) is 8.53. The minimum Gasteiger partial charge on any atom is -0.497 e. The van der Waals surface area contributed by atoms with E-state index in [1.54, 1.807) is 17.9 Å². The topological polar surface area (TPSA) is 84.8 Å². The number of nitrogens with zero attached hydrogens (tertiary/aromatic N) is 3. The van der Waals surface area contributed by atoms with Crippen LogP contribution in [0.2, 0.25) is 0 Å². The van der Waals surface area contributed by atoms with Crippen LogP contribution in [-0.2, 0) is 13.6 Å². The summed E-state index contributed by atoms with van der Waals surface area (Å²) >= 11 is 0. The van der Waals surface area contributed by atoms with Crippen molar-refractivity contribution >= 4 is 16.9 Å². The predicted molar refractivity (Wildman–Crippen MR) is 102 cm³/mol. The second kappa shape index (κ2) is 6.95. The molecule has 0 radical (unpaired) electrons. The van der Waals surface area contributed by atoms with Crippen molar-refractivity contribution in [1.82, 2.24) is 24.8 Å². The summed E-state index contributed by atoms with van der Waals surface area (Å²) in [4.78, 5) is 24.6. The molecule has 0 saturated heterocycles. The Balaban J connectivity index is 1.49. The van der Waals surface area contributed by atoms with E-state index >= 15 is 0 Å². The lowest BCUT2D eigenvalue weighted by Crippen LogP contribution is -2.25. The molecule has 4 rings (SSSR count). The molecule has 27 heavy (non-hydrogen) atoms. The van der Waals surface area contributed by atoms with Gasteiger partial charge in [0.05, 0.1) is 30.9 Å². The number of nitrogens with one attached hydrogen (secondary N) is 2. The molecule has 0 unspecified atom stereocenters. The van der Waals surface area contributed by atoms with Crippen molar-refractivity contribution in [1.29, 1.82) is 0 Å². The highest BCUT2D eigenvalue weighted by Crippen LogP contribution is 2.19. The number of hydrogen-bond acceptors (Lipinski definition) is 4. The molecule has 2 heterocycles. The molecule has 0 aliphatic heterocycles. The van der Waals surface area contributed by atoms with Crippen LogP contribution in [0.25, 0.3) is 22.4 Å². The minimum absolute atomic E-state index is 0.204. The van der Waals surface area contributed by atoms with Crippen LogP contribution < -0.4 is 10.1 Å². The number of carbonyl (C=O) groups excluding carboxylic acids is 1. The SMILES string of the molecule is COc1ccc2nc(CNC(=O)c3cnc(-c4ccccc4)n3C)[nH]c2c1. The lowest BCUT2D eigenvalue weighted by atomic mass is 10.2. The first-order valence-corrected chi connectivity index (χ1v) is 8.53. The second-order valence-corrected chi connectivity index (χ2v) is 6.14. The third kappa shape index (κ3) is 3.27. The average molecular weight is 361 g/mol. The maximum absolute atomic E-state index is 12.6. The number of amides is 1. The summed E-state index contributed by atoms with van der Waals surface area (Å²) in [5.41, 5.74) is 3.15. The third-order valence-corrected chi connectivity index (χ3v) is 4.41. The Hall–Kier alpha value is -3.61. The lowest BCUT2D eigenvalue weighted by molar-refractivity contribution is 0.0942. The molecule has 1 amide bonds. The lowest BCUT2D eigenvalue weighted by Gasteiger charge is -2.06. The van der Waals surface area contributed by atoms with E-state index in [9.17, 15) is 4.79 Å². The Morgan fingerprint density at radius 2 is 2.04 bits per heavy atom. The third-order valence-electron chi connectivity index (χ3n) is 4.41. The van der Waals surface area contributed by atoms with Crippen LogP contribution in [0.3, 0.4) is 0 Å². The first-order chi connectivity index (χ1) is 13.2. The van der Waals surface area contributed by atoms with Crippen molar-refractivity contribution in [2.75, 3.05) is 7.11 Å². The number of benzene rings is 2. The number of aromatic nitrogens is 4. The number of aromatic amines is 1. The molecule has 2 N–H and O–H groups in total. The number of hydrogen-bond donors (Lipinski definition) is 2. The quantitative estimate of drug-likeness (QED) is 0.572. The maximum Gasteiger partial charge on any atom is 0.269 e. The number of imidazole rings is 2. The fourth-order valence-electron chi connectivity index (χ4n) is 2.98. The van der Waals surface area contributed by atoms with E-state index in [-0.39, 0.29) is 5.91 Å². The molecule has 0 atom stereocenters. The van der Waals surface area contributed by atoms with Crippen molar-refractivity contribution in [2.45, 2.75) is 6.54 Å². The summed E-state index contributed by atoms with van der Waals surface area (Å²) in [5.74, 6) is 1.98. The van der Waals surface area contributed by atoms with E-state index < -0.39 is 0 Å². The molecule has 0 bridgehead atoms. The largest absolute Gasteiger partial charge is 0.497 e. The van der Waals surface area contributed by atoms with Crippen LogP contribution in [0.15, 0.2) is 54.7 Å². The van der Waals surface area contributed by atoms with Gasteiger partial charge in [-0.15, -0.1) is 0 Å². The van der Waals surface area contributed by atoms with Gasteiger partial charge in [-0.1, -0.05) is 30.3 Å². The van der Waals surface area contributed by atoms with Gasteiger partial charge in [0.2, 0.25) is 0 Å². The van der Waals surface area contributed by atoms with Gasteiger partial charge in [-0.25, -0.2) is 9.97 Å². The van der Waals surface area contributed by atoms with Gasteiger partial charge >= 0.3 is 0 Å². The highest BCUT2D eigenvalue weighted by Gasteiger charge is 2.15. The monoisotopic (exact) mass is 361 g/mol. The zero-order valence-corrected chi connectivity index (χ0v) is 15.1. The highest BCUT2D eigenvalue weighted by molar-refractivity contribution is 5.93. The van der Waals surface area contributed by atoms with Crippen LogP contribution in [-0.4, -0.2) is 32.5 Å². The summed E-state index contributed by atoms with van der Waals surface area (Å²) in [6.07, 6.45) is 1.58. The second-order valence-electron chi connectivity index (χ2n) is 6.14. The molecule has 2 aromatic heterocycles. The molecule has 136 valence electrons. The molecule has 0 aliphatic rings. The van der Waals surface area contributed by atoms with Crippen LogP contribution >= 0.6 is 0 Å². The first kappa shape index (κ1) is 16.8. The van der Waals surface area contributed by atoms with Gasteiger partial charge in [0.15, 0.2) is 0 Å². The predicted octanol–water partition coefficient (Wildman–Crippen LogP) is 2.90. The standard InChI is InChI=1S/C20H19N5O2/c1-25-17(11-21-19(25)13-6-4-3-5-7-13)20(26)22-12-18-23-15-9-8-14(27-2)10-16(15)24-18/h3-11H,12H2,1-2H3,(H,22,26)(H,23,24). The van der Waals surface area contributed by atoms with Crippen molar-refractivity contribution in [3.63, 3.8) is 0 Å². The number of fused-ring (bicyclic) bond motifs is 1. The van der Waals surface area contributed by atoms with Crippen LogP contribution in [0.1, 0.15) is 16.3 Å². The normalized spacial score (nSPS) is 10.9. The maximum atomic E-state index is 12.6. The highest BCUT2D eigenvalue weighted by atomic mass is 16.5. The van der Waals surface area contributed by atoms with Gasteiger partial charge in [-0.2, -0.15) is 0 Å². The molecular formula is C20H19N5O2. The van der Waals surface area contributed by atoms with E-state index in [1.807, 2.05) is 55.6 Å². The number of rotatable bonds is 5. The number of carbonyl (C=O) groups is 1.